The van der Waals surface area contributed by atoms with Crippen molar-refractivity contribution in [2.45, 2.75) is 18.6 Å². The second-order valence-electron chi connectivity index (χ2n) is 6.04. The Hall–Kier alpha value is -3.53. The van der Waals surface area contributed by atoms with Gasteiger partial charge in [-0.2, -0.15) is 0 Å². The van der Waals surface area contributed by atoms with Crippen LogP contribution in [0.1, 0.15) is 5.56 Å². The largest absolute Gasteiger partial charge is 0.325 e. The van der Waals surface area contributed by atoms with Crippen LogP contribution in [0.5, 0.6) is 0 Å². The summed E-state index contributed by atoms with van der Waals surface area (Å²) < 4.78 is 1.85. The van der Waals surface area contributed by atoms with Crippen LogP contribution in [0.25, 0.3) is 11.4 Å². The highest BCUT2D eigenvalue weighted by Crippen LogP contribution is 2.25. The summed E-state index contributed by atoms with van der Waals surface area (Å²) in [5, 5.41) is 22.6. The fourth-order valence-electron chi connectivity index (χ4n) is 2.57. The van der Waals surface area contributed by atoms with E-state index in [-0.39, 0.29) is 17.3 Å². The number of nitro benzene ring substituents is 1. The van der Waals surface area contributed by atoms with Crippen LogP contribution in [0, 0.1) is 17.0 Å². The molecular weight excluding hydrogens is 392 g/mol. The van der Waals surface area contributed by atoms with E-state index in [0.29, 0.717) is 23.2 Å². The van der Waals surface area contributed by atoms with Crippen molar-refractivity contribution in [2.24, 2.45) is 0 Å². The summed E-state index contributed by atoms with van der Waals surface area (Å²) in [6.07, 6.45) is 5.09. The normalized spacial score (nSPS) is 10.5. The fourth-order valence-corrected chi connectivity index (χ4v) is 3.32. The minimum atomic E-state index is -0.498. The minimum absolute atomic E-state index is 0.0739. The molecule has 2 heterocycles. The third kappa shape index (κ3) is 4.85. The van der Waals surface area contributed by atoms with E-state index in [2.05, 4.69) is 27.1 Å². The van der Waals surface area contributed by atoms with Crippen molar-refractivity contribution in [2.75, 3.05) is 11.1 Å². The molecule has 1 aromatic carbocycles. The van der Waals surface area contributed by atoms with Crippen molar-refractivity contribution in [1.82, 2.24) is 19.7 Å². The maximum Gasteiger partial charge on any atom is 0.271 e. The molecule has 9 nitrogen and oxygen atoms in total. The molecule has 0 aliphatic carbocycles. The highest BCUT2D eigenvalue weighted by molar-refractivity contribution is 7.99. The number of aromatic nitrogens is 4. The zero-order valence-corrected chi connectivity index (χ0v) is 16.4. The first-order chi connectivity index (χ1) is 14.0. The van der Waals surface area contributed by atoms with E-state index in [1.54, 1.807) is 31.5 Å². The number of nitrogens with zero attached hydrogens (tertiary/aromatic N) is 5. The molecule has 0 atom stereocenters. The van der Waals surface area contributed by atoms with Gasteiger partial charge in [0.05, 0.1) is 16.4 Å². The number of rotatable bonds is 8. The lowest BCUT2D eigenvalue weighted by Crippen LogP contribution is -2.15. The molecule has 0 unspecified atom stereocenters. The van der Waals surface area contributed by atoms with E-state index < -0.39 is 4.92 Å². The Morgan fingerprint density at radius 1 is 1.38 bits per heavy atom. The van der Waals surface area contributed by atoms with Crippen LogP contribution in [0.3, 0.4) is 0 Å². The predicted octanol–water partition coefficient (Wildman–Crippen LogP) is 3.47. The van der Waals surface area contributed by atoms with Crippen molar-refractivity contribution in [1.29, 1.82) is 0 Å². The van der Waals surface area contributed by atoms with Gasteiger partial charge in [0.25, 0.3) is 5.69 Å². The molecule has 0 saturated heterocycles. The zero-order valence-electron chi connectivity index (χ0n) is 15.6. The Morgan fingerprint density at radius 3 is 2.90 bits per heavy atom. The third-order valence-electron chi connectivity index (χ3n) is 3.99. The highest BCUT2D eigenvalue weighted by Gasteiger charge is 2.16. The lowest BCUT2D eigenvalue weighted by atomic mass is 10.2. The molecule has 2 aromatic heterocycles. The summed E-state index contributed by atoms with van der Waals surface area (Å²) in [5.74, 6) is 0.412. The number of hydrogen-bond donors (Lipinski definition) is 1. The number of hydrogen-bond acceptors (Lipinski definition) is 7. The van der Waals surface area contributed by atoms with Gasteiger partial charge < -0.3 is 5.32 Å². The van der Waals surface area contributed by atoms with Crippen LogP contribution < -0.4 is 5.32 Å². The number of aryl methyl sites for hydroxylation is 1. The molecular formula is C19H18N6O3S. The van der Waals surface area contributed by atoms with Crippen LogP contribution in [-0.2, 0) is 11.3 Å². The Balaban J connectivity index is 1.72. The number of nitrogens with one attached hydrogen (secondary N) is 1. The number of allylic oxidation sites excluding steroid dienone is 1. The van der Waals surface area contributed by atoms with Crippen LogP contribution in [0.2, 0.25) is 0 Å². The average molecular weight is 410 g/mol. The summed E-state index contributed by atoms with van der Waals surface area (Å²) in [4.78, 5) is 26.9. The van der Waals surface area contributed by atoms with E-state index in [1.807, 2.05) is 16.7 Å². The second-order valence-corrected chi connectivity index (χ2v) is 6.98. The highest BCUT2D eigenvalue weighted by atomic mass is 32.2. The molecule has 0 radical (unpaired) electrons. The van der Waals surface area contributed by atoms with Crippen LogP contribution in [0.15, 0.2) is 60.5 Å². The number of thioether (sulfide) groups is 1. The summed E-state index contributed by atoms with van der Waals surface area (Å²) in [6, 6.07) is 8.03. The van der Waals surface area contributed by atoms with Crippen LogP contribution in [0.4, 0.5) is 11.4 Å². The molecule has 29 heavy (non-hydrogen) atoms. The number of non-ortho nitro benzene ring substituents is 1. The first-order valence-corrected chi connectivity index (χ1v) is 9.60. The smallest absolute Gasteiger partial charge is 0.271 e. The number of carbonyl (C=O) groups is 1. The van der Waals surface area contributed by atoms with Crippen molar-refractivity contribution >= 4 is 29.0 Å². The van der Waals surface area contributed by atoms with Gasteiger partial charge >= 0.3 is 0 Å². The monoisotopic (exact) mass is 410 g/mol. The van der Waals surface area contributed by atoms with E-state index >= 15 is 0 Å². The molecule has 0 saturated carbocycles. The summed E-state index contributed by atoms with van der Waals surface area (Å²) in [5.41, 5.74) is 1.88. The topological polar surface area (TPSA) is 116 Å². The van der Waals surface area contributed by atoms with E-state index in [9.17, 15) is 14.9 Å². The van der Waals surface area contributed by atoms with Gasteiger partial charge in [-0.15, -0.1) is 16.8 Å². The molecule has 1 N–H and O–H groups in total. The van der Waals surface area contributed by atoms with E-state index in [1.165, 1.54) is 23.9 Å². The third-order valence-corrected chi connectivity index (χ3v) is 4.95. The molecule has 3 rings (SSSR count). The summed E-state index contributed by atoms with van der Waals surface area (Å²) in [7, 11) is 0. The number of anilines is 1. The Kier molecular flexibility index (Phi) is 6.35. The van der Waals surface area contributed by atoms with Gasteiger partial charge in [0, 0.05) is 36.6 Å². The fraction of sp³-hybridized carbons (Fsp3) is 0.158. The lowest BCUT2D eigenvalue weighted by molar-refractivity contribution is -0.384. The maximum absolute atomic E-state index is 12.4. The minimum Gasteiger partial charge on any atom is -0.325 e. The molecule has 148 valence electrons. The Labute approximate surface area is 171 Å². The van der Waals surface area contributed by atoms with Gasteiger partial charge in [0.2, 0.25) is 5.91 Å². The Morgan fingerprint density at radius 2 is 2.21 bits per heavy atom. The first kappa shape index (κ1) is 20.2. The number of pyridine rings is 1. The van der Waals surface area contributed by atoms with Crippen molar-refractivity contribution in [3.63, 3.8) is 0 Å². The SMILES string of the molecule is C=CCn1c(SCC(=O)Nc2cc([N+](=O)[O-])ccc2C)nnc1-c1cccnc1. The van der Waals surface area contributed by atoms with Gasteiger partial charge in [-0.05, 0) is 24.6 Å². The molecule has 0 fully saturated rings. The lowest BCUT2D eigenvalue weighted by Gasteiger charge is -2.09. The predicted molar refractivity (Wildman–Crippen MR) is 111 cm³/mol. The van der Waals surface area contributed by atoms with Crippen molar-refractivity contribution in [3.05, 3.63) is 71.1 Å². The van der Waals surface area contributed by atoms with Crippen LogP contribution in [-0.4, -0.2) is 36.3 Å². The summed E-state index contributed by atoms with van der Waals surface area (Å²) in [6.45, 7) is 6.01. The van der Waals surface area contributed by atoms with Gasteiger partial charge in [-0.1, -0.05) is 23.9 Å². The van der Waals surface area contributed by atoms with Gasteiger partial charge in [0.15, 0.2) is 11.0 Å². The number of benzene rings is 1. The summed E-state index contributed by atoms with van der Waals surface area (Å²) >= 11 is 1.22. The average Bonchev–Trinajstić information content (AvgIpc) is 3.11. The van der Waals surface area contributed by atoms with Crippen molar-refractivity contribution in [3.8, 4) is 11.4 Å². The number of amides is 1. The number of carbonyl (C=O) groups excluding carboxylic acids is 1. The zero-order chi connectivity index (χ0) is 20.8. The molecule has 0 bridgehead atoms. The van der Waals surface area contributed by atoms with Gasteiger partial charge in [0.1, 0.15) is 0 Å². The first-order valence-electron chi connectivity index (χ1n) is 8.61. The maximum atomic E-state index is 12.4. The second kappa shape index (κ2) is 9.11. The van der Waals surface area contributed by atoms with E-state index in [0.717, 1.165) is 11.1 Å². The molecule has 0 aliphatic heterocycles. The molecule has 10 heteroatoms. The quantitative estimate of drug-likeness (QED) is 0.262. The van der Waals surface area contributed by atoms with Crippen LogP contribution >= 0.6 is 11.8 Å². The molecule has 0 aliphatic rings. The van der Waals surface area contributed by atoms with Crippen molar-refractivity contribution < 1.29 is 9.72 Å². The Bertz CT molecular complexity index is 1050. The molecule has 3 aromatic rings. The molecule has 0 spiro atoms. The standard InChI is InChI=1S/C19H18N6O3S/c1-3-9-24-18(14-5-4-8-20-11-14)22-23-19(24)29-12-17(26)21-16-10-15(25(27)28)7-6-13(16)2/h3-8,10-11H,1,9,12H2,2H3,(H,21,26). The number of nitro groups is 1. The van der Waals surface area contributed by atoms with E-state index in [4.69, 9.17) is 0 Å². The molecule has 1 amide bonds. The van der Waals surface area contributed by atoms with Gasteiger partial charge in [-0.3, -0.25) is 24.5 Å². The van der Waals surface area contributed by atoms with Gasteiger partial charge in [-0.25, -0.2) is 0 Å².